The molecule has 0 saturated heterocycles. The maximum absolute atomic E-state index is 5.94. The van der Waals surface area contributed by atoms with Crippen LogP contribution in [0.15, 0.2) is 16.5 Å². The Hall–Kier alpha value is -0.800. The van der Waals surface area contributed by atoms with Crippen molar-refractivity contribution in [1.82, 2.24) is 5.32 Å². The molecule has 1 aromatic heterocycles. The minimum absolute atomic E-state index is 0.413. The first-order valence-electron chi connectivity index (χ1n) is 6.93. The molecule has 0 spiro atoms. The first-order valence-corrected chi connectivity index (χ1v) is 6.93. The summed E-state index contributed by atoms with van der Waals surface area (Å²) in [6, 6.07) is 4.03. The molecule has 1 aliphatic carbocycles. The van der Waals surface area contributed by atoms with Crippen molar-refractivity contribution in [3.05, 3.63) is 23.7 Å². The molecule has 0 bridgehead atoms. The van der Waals surface area contributed by atoms with E-state index in [1.54, 1.807) is 0 Å². The van der Waals surface area contributed by atoms with Crippen LogP contribution in [0.5, 0.6) is 0 Å². The number of ether oxygens (including phenoxy) is 1. The molecule has 0 unspecified atom stereocenters. The van der Waals surface area contributed by atoms with E-state index in [9.17, 15) is 0 Å². The summed E-state index contributed by atoms with van der Waals surface area (Å²) in [6.45, 7) is 6.08. The van der Waals surface area contributed by atoms with Crippen molar-refractivity contribution in [3.8, 4) is 0 Å². The average Bonchev–Trinajstić information content (AvgIpc) is 2.76. The third-order valence-electron chi connectivity index (χ3n) is 3.82. The van der Waals surface area contributed by atoms with Gasteiger partial charge in [-0.05, 0) is 50.3 Å². The predicted molar refractivity (Wildman–Crippen MR) is 72.3 cm³/mol. The lowest BCUT2D eigenvalue weighted by molar-refractivity contribution is -0.0123. The number of rotatable bonds is 5. The largest absolute Gasteiger partial charge is 0.462 e. The molecule has 0 aromatic carbocycles. The SMILES string of the molecule is CNCc1ccc(COC2CCC(C)(C)CC2)o1. The van der Waals surface area contributed by atoms with Crippen molar-refractivity contribution in [3.63, 3.8) is 0 Å². The molecule has 3 nitrogen and oxygen atoms in total. The van der Waals surface area contributed by atoms with Crippen LogP contribution in [0.3, 0.4) is 0 Å². The molecule has 0 amide bonds. The van der Waals surface area contributed by atoms with Crippen LogP contribution < -0.4 is 5.32 Å². The van der Waals surface area contributed by atoms with Crippen molar-refractivity contribution >= 4 is 0 Å². The lowest BCUT2D eigenvalue weighted by Crippen LogP contribution is -2.26. The van der Waals surface area contributed by atoms with Crippen LogP contribution in [0.4, 0.5) is 0 Å². The van der Waals surface area contributed by atoms with Gasteiger partial charge in [-0.1, -0.05) is 13.8 Å². The van der Waals surface area contributed by atoms with Gasteiger partial charge in [0, 0.05) is 0 Å². The normalized spacial score (nSPS) is 20.2. The van der Waals surface area contributed by atoms with E-state index >= 15 is 0 Å². The van der Waals surface area contributed by atoms with Crippen LogP contribution in [-0.4, -0.2) is 13.2 Å². The molecule has 1 aliphatic rings. The van der Waals surface area contributed by atoms with Gasteiger partial charge >= 0.3 is 0 Å². The van der Waals surface area contributed by atoms with E-state index in [0.717, 1.165) is 18.1 Å². The van der Waals surface area contributed by atoms with Gasteiger partial charge in [0.2, 0.25) is 0 Å². The Morgan fingerprint density at radius 2 is 1.94 bits per heavy atom. The molecular formula is C15H25NO2. The van der Waals surface area contributed by atoms with Crippen molar-refractivity contribution in [2.45, 2.75) is 58.8 Å². The highest BCUT2D eigenvalue weighted by atomic mass is 16.5. The van der Waals surface area contributed by atoms with Crippen molar-refractivity contribution in [2.24, 2.45) is 5.41 Å². The molecule has 0 radical (unpaired) electrons. The standard InChI is InChI=1S/C15H25NO2/c1-15(2)8-6-12(7-9-15)17-11-14-5-4-13(18-14)10-16-3/h4-5,12,16H,6-11H2,1-3H3. The number of hydrogen-bond donors (Lipinski definition) is 1. The van der Waals surface area contributed by atoms with Crippen LogP contribution in [0, 0.1) is 5.41 Å². The molecule has 0 atom stereocenters. The highest BCUT2D eigenvalue weighted by Gasteiger charge is 2.27. The summed E-state index contributed by atoms with van der Waals surface area (Å²) in [7, 11) is 1.92. The second-order valence-corrected chi connectivity index (χ2v) is 6.07. The Morgan fingerprint density at radius 3 is 2.61 bits per heavy atom. The topological polar surface area (TPSA) is 34.4 Å². The van der Waals surface area contributed by atoms with Gasteiger partial charge < -0.3 is 14.5 Å². The van der Waals surface area contributed by atoms with Crippen molar-refractivity contribution in [1.29, 1.82) is 0 Å². The summed E-state index contributed by atoms with van der Waals surface area (Å²) < 4.78 is 11.6. The maximum Gasteiger partial charge on any atom is 0.129 e. The van der Waals surface area contributed by atoms with Gasteiger partial charge in [0.15, 0.2) is 0 Å². The Labute approximate surface area is 110 Å². The number of furan rings is 1. The quantitative estimate of drug-likeness (QED) is 0.870. The van der Waals surface area contributed by atoms with Crippen LogP contribution >= 0.6 is 0 Å². The molecular weight excluding hydrogens is 226 g/mol. The van der Waals surface area contributed by atoms with E-state index < -0.39 is 0 Å². The zero-order valence-corrected chi connectivity index (χ0v) is 11.8. The van der Waals surface area contributed by atoms with Crippen molar-refractivity contribution in [2.75, 3.05) is 7.05 Å². The average molecular weight is 251 g/mol. The van der Waals surface area contributed by atoms with E-state index in [0.29, 0.717) is 18.1 Å². The monoisotopic (exact) mass is 251 g/mol. The Kier molecular flexibility index (Phi) is 4.46. The minimum atomic E-state index is 0.413. The van der Waals surface area contributed by atoms with Crippen LogP contribution in [0.1, 0.15) is 51.1 Å². The van der Waals surface area contributed by atoms with Crippen LogP contribution in [0.2, 0.25) is 0 Å². The van der Waals surface area contributed by atoms with Crippen molar-refractivity contribution < 1.29 is 9.15 Å². The van der Waals surface area contributed by atoms with Crippen LogP contribution in [-0.2, 0) is 17.9 Å². The fourth-order valence-corrected chi connectivity index (χ4v) is 2.51. The van der Waals surface area contributed by atoms with E-state index in [1.807, 2.05) is 19.2 Å². The smallest absolute Gasteiger partial charge is 0.129 e. The predicted octanol–water partition coefficient (Wildman–Crippen LogP) is 3.48. The molecule has 3 heteroatoms. The first-order chi connectivity index (χ1) is 8.59. The zero-order chi connectivity index (χ0) is 13.0. The van der Waals surface area contributed by atoms with E-state index in [1.165, 1.54) is 25.7 Å². The van der Waals surface area contributed by atoms with Gasteiger partial charge in [0.25, 0.3) is 0 Å². The lowest BCUT2D eigenvalue weighted by Gasteiger charge is -2.33. The lowest BCUT2D eigenvalue weighted by atomic mass is 9.76. The third-order valence-corrected chi connectivity index (χ3v) is 3.82. The van der Waals surface area contributed by atoms with E-state index in [4.69, 9.17) is 9.15 Å². The zero-order valence-electron chi connectivity index (χ0n) is 11.8. The van der Waals surface area contributed by atoms with E-state index in [2.05, 4.69) is 19.2 Å². The fraction of sp³-hybridized carbons (Fsp3) is 0.733. The van der Waals surface area contributed by atoms with Gasteiger partial charge in [-0.25, -0.2) is 0 Å². The van der Waals surface area contributed by atoms with Gasteiger partial charge in [0.05, 0.1) is 12.6 Å². The highest BCUT2D eigenvalue weighted by molar-refractivity contribution is 5.06. The maximum atomic E-state index is 5.94. The summed E-state index contributed by atoms with van der Waals surface area (Å²) >= 11 is 0. The second-order valence-electron chi connectivity index (χ2n) is 6.07. The van der Waals surface area contributed by atoms with Gasteiger partial charge in [-0.2, -0.15) is 0 Å². The van der Waals surface area contributed by atoms with Gasteiger partial charge in [-0.3, -0.25) is 0 Å². The minimum Gasteiger partial charge on any atom is -0.462 e. The molecule has 102 valence electrons. The second kappa shape index (κ2) is 5.89. The fourth-order valence-electron chi connectivity index (χ4n) is 2.51. The Balaban J connectivity index is 1.74. The summed E-state index contributed by atoms with van der Waals surface area (Å²) in [5, 5.41) is 3.08. The Morgan fingerprint density at radius 1 is 1.28 bits per heavy atom. The molecule has 1 fully saturated rings. The summed E-state index contributed by atoms with van der Waals surface area (Å²) in [4.78, 5) is 0. The summed E-state index contributed by atoms with van der Waals surface area (Å²) in [5.41, 5.74) is 0.504. The molecule has 1 N–H and O–H groups in total. The molecule has 1 saturated carbocycles. The summed E-state index contributed by atoms with van der Waals surface area (Å²) in [6.07, 6.45) is 5.30. The van der Waals surface area contributed by atoms with Gasteiger partial charge in [-0.15, -0.1) is 0 Å². The Bertz CT molecular complexity index is 360. The molecule has 1 heterocycles. The third kappa shape index (κ3) is 3.85. The van der Waals surface area contributed by atoms with E-state index in [-0.39, 0.29) is 0 Å². The molecule has 0 aliphatic heterocycles. The van der Waals surface area contributed by atoms with Crippen LogP contribution in [0.25, 0.3) is 0 Å². The number of nitrogens with one attached hydrogen (secondary N) is 1. The highest BCUT2D eigenvalue weighted by Crippen LogP contribution is 2.36. The van der Waals surface area contributed by atoms with Gasteiger partial charge in [0.1, 0.15) is 18.1 Å². The molecule has 1 aromatic rings. The summed E-state index contributed by atoms with van der Waals surface area (Å²) in [5.74, 6) is 1.91. The first kappa shape index (κ1) is 13.6. The molecule has 2 rings (SSSR count). The number of hydrogen-bond acceptors (Lipinski definition) is 3. The molecule has 18 heavy (non-hydrogen) atoms.